The number of anilines is 2. The molecule has 0 aromatic carbocycles. The van der Waals surface area contributed by atoms with Crippen LogP contribution in [0.3, 0.4) is 0 Å². The normalized spacial score (nSPS) is 17.8. The van der Waals surface area contributed by atoms with E-state index < -0.39 is 11.9 Å². The molecule has 0 radical (unpaired) electrons. The fourth-order valence-electron chi connectivity index (χ4n) is 2.81. The molecule has 2 rings (SSSR count). The molecule has 0 aliphatic heterocycles. The van der Waals surface area contributed by atoms with Crippen molar-refractivity contribution in [2.24, 2.45) is 11.3 Å². The zero-order valence-electron chi connectivity index (χ0n) is 11.9. The van der Waals surface area contributed by atoms with Gasteiger partial charge in [-0.05, 0) is 24.7 Å². The Balaban J connectivity index is 2.15. The van der Waals surface area contributed by atoms with Gasteiger partial charge < -0.3 is 5.32 Å². The summed E-state index contributed by atoms with van der Waals surface area (Å²) in [5.41, 5.74) is 1.21. The smallest absolute Gasteiger partial charge is 0.369 e. The van der Waals surface area contributed by atoms with Crippen LogP contribution in [0.5, 0.6) is 0 Å². The molecule has 1 aliphatic rings. The number of rotatable bonds is 5. The maximum Gasteiger partial charge on any atom is 0.433 e. The number of aromatic nitrogens is 2. The molecule has 1 heterocycles. The van der Waals surface area contributed by atoms with E-state index in [1.54, 1.807) is 0 Å². The average Bonchev–Trinajstić information content (AvgIpc) is 2.93. The third-order valence-electron chi connectivity index (χ3n) is 4.20. The van der Waals surface area contributed by atoms with E-state index in [0.717, 1.165) is 25.3 Å². The molecule has 0 unspecified atom stereocenters. The fourth-order valence-corrected chi connectivity index (χ4v) is 2.81. The molecule has 0 bridgehead atoms. The summed E-state index contributed by atoms with van der Waals surface area (Å²) in [6.45, 7) is 2.73. The largest absolute Gasteiger partial charge is 0.433 e. The van der Waals surface area contributed by atoms with E-state index >= 15 is 0 Å². The zero-order valence-corrected chi connectivity index (χ0v) is 11.9. The van der Waals surface area contributed by atoms with E-state index in [0.29, 0.717) is 6.54 Å². The maximum atomic E-state index is 12.8. The van der Waals surface area contributed by atoms with Crippen LogP contribution in [0.15, 0.2) is 6.07 Å². The summed E-state index contributed by atoms with van der Waals surface area (Å²) in [7, 11) is 0. The van der Waals surface area contributed by atoms with Gasteiger partial charge in [0.05, 0.1) is 0 Å². The summed E-state index contributed by atoms with van der Waals surface area (Å²) in [4.78, 5) is 7.26. The maximum absolute atomic E-state index is 12.8. The van der Waals surface area contributed by atoms with Crippen LogP contribution < -0.4 is 16.6 Å². The molecule has 0 atom stereocenters. The molecule has 21 heavy (non-hydrogen) atoms. The monoisotopic (exact) mass is 303 g/mol. The molecule has 5 nitrogen and oxygen atoms in total. The number of halogens is 3. The third-order valence-corrected chi connectivity index (χ3v) is 4.20. The predicted octanol–water partition coefficient (Wildman–Crippen LogP) is 3.16. The Morgan fingerprint density at radius 2 is 1.95 bits per heavy atom. The van der Waals surface area contributed by atoms with Crippen LogP contribution in [0, 0.1) is 5.41 Å². The van der Waals surface area contributed by atoms with Crippen LogP contribution in [-0.2, 0) is 6.18 Å². The number of nitrogens with zero attached hydrogens (tertiary/aromatic N) is 2. The molecular weight excluding hydrogens is 283 g/mol. The van der Waals surface area contributed by atoms with Crippen LogP contribution >= 0.6 is 0 Å². The number of nitrogens with one attached hydrogen (secondary N) is 2. The number of nitrogens with two attached hydrogens (primary N) is 1. The lowest BCUT2D eigenvalue weighted by molar-refractivity contribution is -0.141. The Bertz CT molecular complexity index is 483. The van der Waals surface area contributed by atoms with Gasteiger partial charge in [-0.3, -0.25) is 5.43 Å². The van der Waals surface area contributed by atoms with E-state index in [1.165, 1.54) is 12.8 Å². The topological polar surface area (TPSA) is 75.9 Å². The summed E-state index contributed by atoms with van der Waals surface area (Å²) in [6, 6.07) is 0.916. The van der Waals surface area contributed by atoms with Gasteiger partial charge in [0.2, 0.25) is 5.95 Å². The highest BCUT2D eigenvalue weighted by Crippen LogP contribution is 2.41. The fraction of sp³-hybridized carbons (Fsp3) is 0.692. The second kappa shape index (κ2) is 6.05. The summed E-state index contributed by atoms with van der Waals surface area (Å²) < 4.78 is 38.3. The minimum Gasteiger partial charge on any atom is -0.369 e. The van der Waals surface area contributed by atoms with Gasteiger partial charge in [-0.15, -0.1) is 0 Å². The molecule has 8 heteroatoms. The second-order valence-corrected chi connectivity index (χ2v) is 5.52. The lowest BCUT2D eigenvalue weighted by atomic mass is 9.83. The molecule has 1 fully saturated rings. The number of hydrazine groups is 1. The molecule has 118 valence electrons. The summed E-state index contributed by atoms with van der Waals surface area (Å²) in [5, 5.41) is 3.02. The molecule has 1 aliphatic carbocycles. The van der Waals surface area contributed by atoms with Crippen molar-refractivity contribution in [1.82, 2.24) is 9.97 Å². The van der Waals surface area contributed by atoms with Crippen molar-refractivity contribution in [2.75, 3.05) is 17.3 Å². The average molecular weight is 303 g/mol. The molecule has 0 saturated heterocycles. The zero-order chi connectivity index (χ0) is 15.5. The first kappa shape index (κ1) is 15.8. The van der Waals surface area contributed by atoms with Crippen molar-refractivity contribution in [3.63, 3.8) is 0 Å². The quantitative estimate of drug-likeness (QED) is 0.575. The minimum absolute atomic E-state index is 0.144. The van der Waals surface area contributed by atoms with Gasteiger partial charge in [-0.25, -0.2) is 10.8 Å². The Hall–Kier alpha value is -1.57. The van der Waals surface area contributed by atoms with Gasteiger partial charge >= 0.3 is 6.18 Å². The van der Waals surface area contributed by atoms with Crippen LogP contribution in [0.1, 0.15) is 44.7 Å². The van der Waals surface area contributed by atoms with Crippen molar-refractivity contribution in [3.05, 3.63) is 11.8 Å². The van der Waals surface area contributed by atoms with Crippen LogP contribution in [-0.4, -0.2) is 16.5 Å². The first-order chi connectivity index (χ1) is 9.88. The molecule has 0 amide bonds. The van der Waals surface area contributed by atoms with E-state index in [1.807, 2.05) is 0 Å². The van der Waals surface area contributed by atoms with Crippen molar-refractivity contribution in [1.29, 1.82) is 0 Å². The standard InChI is InChI=1S/C13H20F3N5/c1-2-12(5-3-4-6-12)8-18-10-7-9(13(14,15)16)19-11(20-10)21-17/h7H,2-6,8,17H2,1H3,(H2,18,19,20,21). The molecular formula is C13H20F3N5. The van der Waals surface area contributed by atoms with E-state index in [-0.39, 0.29) is 17.2 Å². The predicted molar refractivity (Wildman–Crippen MR) is 74.5 cm³/mol. The van der Waals surface area contributed by atoms with Gasteiger partial charge in [-0.2, -0.15) is 18.2 Å². The van der Waals surface area contributed by atoms with Gasteiger partial charge in [0, 0.05) is 12.6 Å². The first-order valence-electron chi connectivity index (χ1n) is 7.05. The van der Waals surface area contributed by atoms with Crippen molar-refractivity contribution >= 4 is 11.8 Å². The second-order valence-electron chi connectivity index (χ2n) is 5.52. The Morgan fingerprint density at radius 3 is 2.48 bits per heavy atom. The Kier molecular flexibility index (Phi) is 4.55. The summed E-state index contributed by atoms with van der Waals surface area (Å²) >= 11 is 0. The number of alkyl halides is 3. The van der Waals surface area contributed by atoms with Crippen LogP contribution in [0.25, 0.3) is 0 Å². The van der Waals surface area contributed by atoms with E-state index in [9.17, 15) is 13.2 Å². The molecule has 1 aromatic rings. The Labute approximate surface area is 121 Å². The van der Waals surface area contributed by atoms with Crippen LogP contribution in [0.2, 0.25) is 0 Å². The molecule has 0 spiro atoms. The summed E-state index contributed by atoms with van der Waals surface area (Å²) in [6.07, 6.45) is 0.997. The van der Waals surface area contributed by atoms with Crippen LogP contribution in [0.4, 0.5) is 24.9 Å². The number of nitrogen functional groups attached to an aromatic ring is 1. The molecule has 1 aromatic heterocycles. The highest BCUT2D eigenvalue weighted by atomic mass is 19.4. The van der Waals surface area contributed by atoms with Gasteiger partial charge in [0.25, 0.3) is 0 Å². The lowest BCUT2D eigenvalue weighted by Crippen LogP contribution is -2.27. The number of hydrogen-bond donors (Lipinski definition) is 3. The Morgan fingerprint density at radius 1 is 1.29 bits per heavy atom. The highest BCUT2D eigenvalue weighted by molar-refractivity contribution is 5.42. The van der Waals surface area contributed by atoms with Crippen molar-refractivity contribution in [2.45, 2.75) is 45.2 Å². The number of hydrogen-bond acceptors (Lipinski definition) is 5. The summed E-state index contributed by atoms with van der Waals surface area (Å²) in [5.74, 6) is 5.03. The first-order valence-corrected chi connectivity index (χ1v) is 7.05. The minimum atomic E-state index is -4.53. The van der Waals surface area contributed by atoms with Gasteiger partial charge in [-0.1, -0.05) is 19.8 Å². The van der Waals surface area contributed by atoms with Gasteiger partial charge in [0.1, 0.15) is 5.82 Å². The third kappa shape index (κ3) is 3.75. The van der Waals surface area contributed by atoms with E-state index in [2.05, 4.69) is 27.6 Å². The molecule has 4 N–H and O–H groups in total. The van der Waals surface area contributed by atoms with Crippen molar-refractivity contribution < 1.29 is 13.2 Å². The van der Waals surface area contributed by atoms with Crippen molar-refractivity contribution in [3.8, 4) is 0 Å². The molecule has 1 saturated carbocycles. The lowest BCUT2D eigenvalue weighted by Gasteiger charge is -2.28. The van der Waals surface area contributed by atoms with Gasteiger partial charge in [0.15, 0.2) is 5.69 Å². The van der Waals surface area contributed by atoms with E-state index in [4.69, 9.17) is 5.84 Å². The SMILES string of the molecule is CCC1(CNc2cc(C(F)(F)F)nc(NN)n2)CCCC1. The highest BCUT2D eigenvalue weighted by Gasteiger charge is 2.35.